The Kier molecular flexibility index (Phi) is 4.83. The Morgan fingerprint density at radius 3 is 2.17 bits per heavy atom. The molecule has 0 radical (unpaired) electrons. The van der Waals surface area contributed by atoms with Crippen molar-refractivity contribution in [1.82, 2.24) is 20.0 Å². The van der Waals surface area contributed by atoms with Crippen LogP contribution in [-0.4, -0.2) is 80.6 Å². The highest BCUT2D eigenvalue weighted by Gasteiger charge is 2.21. The number of carbonyl (C=O) groups is 1. The number of nitrogens with zero attached hydrogens (tertiary/aromatic N) is 3. The molecular formula is C13H26N4O. The molecular weight excluding hydrogens is 228 g/mol. The standard InChI is InChI=1S/C13H26N4O/c1-15-5-3-12(4-6-15)11-14-13(18)17-9-7-16(2)8-10-17/h12H,3-11H2,1-2H3,(H,14,18). The highest BCUT2D eigenvalue weighted by Crippen LogP contribution is 2.14. The SMILES string of the molecule is CN1CCC(CNC(=O)N2CCN(C)CC2)CC1. The van der Waals surface area contributed by atoms with Crippen molar-refractivity contribution in [2.24, 2.45) is 5.92 Å². The molecule has 0 aliphatic carbocycles. The molecule has 0 unspecified atom stereocenters. The van der Waals surface area contributed by atoms with Gasteiger partial charge in [-0.3, -0.25) is 0 Å². The fourth-order valence-electron chi connectivity index (χ4n) is 2.62. The van der Waals surface area contributed by atoms with Crippen LogP contribution in [0.1, 0.15) is 12.8 Å². The molecule has 0 atom stereocenters. The summed E-state index contributed by atoms with van der Waals surface area (Å²) in [5.41, 5.74) is 0. The molecule has 0 spiro atoms. The fraction of sp³-hybridized carbons (Fsp3) is 0.923. The zero-order valence-electron chi connectivity index (χ0n) is 11.7. The summed E-state index contributed by atoms with van der Waals surface area (Å²) in [5, 5.41) is 3.10. The first-order valence-corrected chi connectivity index (χ1v) is 7.05. The molecule has 2 fully saturated rings. The van der Waals surface area contributed by atoms with Crippen molar-refractivity contribution in [2.75, 3.05) is 59.9 Å². The molecule has 5 nitrogen and oxygen atoms in total. The van der Waals surface area contributed by atoms with E-state index >= 15 is 0 Å². The zero-order chi connectivity index (χ0) is 13.0. The Bertz CT molecular complexity index is 268. The maximum Gasteiger partial charge on any atom is 0.317 e. The summed E-state index contributed by atoms with van der Waals surface area (Å²) in [6.07, 6.45) is 2.42. The van der Waals surface area contributed by atoms with Crippen molar-refractivity contribution in [3.05, 3.63) is 0 Å². The van der Waals surface area contributed by atoms with Crippen LogP contribution in [0.2, 0.25) is 0 Å². The maximum atomic E-state index is 12.0. The molecule has 0 aromatic heterocycles. The monoisotopic (exact) mass is 254 g/mol. The van der Waals surface area contributed by atoms with Crippen molar-refractivity contribution in [3.63, 3.8) is 0 Å². The second-order valence-corrected chi connectivity index (χ2v) is 5.72. The number of nitrogens with one attached hydrogen (secondary N) is 1. The predicted octanol–water partition coefficient (Wildman–Crippen LogP) is 0.285. The molecule has 2 rings (SSSR count). The van der Waals surface area contributed by atoms with E-state index < -0.39 is 0 Å². The third kappa shape index (κ3) is 3.85. The maximum absolute atomic E-state index is 12.0. The molecule has 0 saturated carbocycles. The van der Waals surface area contributed by atoms with Crippen LogP contribution >= 0.6 is 0 Å². The van der Waals surface area contributed by atoms with Gasteiger partial charge in [0.2, 0.25) is 0 Å². The lowest BCUT2D eigenvalue weighted by Gasteiger charge is -2.33. The molecule has 1 N–H and O–H groups in total. The highest BCUT2D eigenvalue weighted by molar-refractivity contribution is 5.74. The summed E-state index contributed by atoms with van der Waals surface area (Å²) < 4.78 is 0. The van der Waals surface area contributed by atoms with E-state index in [0.717, 1.165) is 45.8 Å². The van der Waals surface area contributed by atoms with Crippen LogP contribution in [-0.2, 0) is 0 Å². The molecule has 0 aromatic rings. The van der Waals surface area contributed by atoms with Gasteiger partial charge >= 0.3 is 6.03 Å². The lowest BCUT2D eigenvalue weighted by atomic mass is 9.97. The second-order valence-electron chi connectivity index (χ2n) is 5.72. The number of urea groups is 1. The van der Waals surface area contributed by atoms with E-state index in [2.05, 4.69) is 29.2 Å². The van der Waals surface area contributed by atoms with E-state index in [9.17, 15) is 4.79 Å². The van der Waals surface area contributed by atoms with Gasteiger partial charge in [0.1, 0.15) is 0 Å². The minimum Gasteiger partial charge on any atom is -0.338 e. The lowest BCUT2D eigenvalue weighted by Crippen LogP contribution is -2.51. The fourth-order valence-corrected chi connectivity index (χ4v) is 2.62. The van der Waals surface area contributed by atoms with Crippen LogP contribution in [0.3, 0.4) is 0 Å². The number of hydrogen-bond acceptors (Lipinski definition) is 3. The molecule has 2 aliphatic rings. The third-order valence-corrected chi connectivity index (χ3v) is 4.17. The van der Waals surface area contributed by atoms with Crippen molar-refractivity contribution < 1.29 is 4.79 Å². The number of piperidine rings is 1. The third-order valence-electron chi connectivity index (χ3n) is 4.17. The topological polar surface area (TPSA) is 38.8 Å². The first kappa shape index (κ1) is 13.6. The molecule has 0 bridgehead atoms. The van der Waals surface area contributed by atoms with Gasteiger partial charge in [0.05, 0.1) is 0 Å². The second kappa shape index (κ2) is 6.38. The van der Waals surface area contributed by atoms with E-state index in [4.69, 9.17) is 0 Å². The number of hydrogen-bond donors (Lipinski definition) is 1. The number of carbonyl (C=O) groups excluding carboxylic acids is 1. The van der Waals surface area contributed by atoms with Gasteiger partial charge in [0, 0.05) is 32.7 Å². The van der Waals surface area contributed by atoms with Gasteiger partial charge in [-0.15, -0.1) is 0 Å². The quantitative estimate of drug-likeness (QED) is 0.769. The summed E-state index contributed by atoms with van der Waals surface area (Å²) in [5.74, 6) is 0.664. The molecule has 18 heavy (non-hydrogen) atoms. The molecule has 104 valence electrons. The number of likely N-dealkylation sites (N-methyl/N-ethyl adjacent to an activating group) is 1. The largest absolute Gasteiger partial charge is 0.338 e. The van der Waals surface area contributed by atoms with E-state index in [0.29, 0.717) is 5.92 Å². The smallest absolute Gasteiger partial charge is 0.317 e. The van der Waals surface area contributed by atoms with Gasteiger partial charge in [-0.25, -0.2) is 4.79 Å². The number of piperazine rings is 1. The van der Waals surface area contributed by atoms with Crippen LogP contribution in [0.5, 0.6) is 0 Å². The van der Waals surface area contributed by atoms with E-state index in [-0.39, 0.29) is 6.03 Å². The highest BCUT2D eigenvalue weighted by atomic mass is 16.2. The molecule has 0 aromatic carbocycles. The summed E-state index contributed by atoms with van der Waals surface area (Å²) in [6.45, 7) is 6.86. The molecule has 2 amide bonds. The zero-order valence-corrected chi connectivity index (χ0v) is 11.7. The Hall–Kier alpha value is -0.810. The van der Waals surface area contributed by atoms with Crippen LogP contribution < -0.4 is 5.32 Å². The van der Waals surface area contributed by atoms with Crippen LogP contribution in [0.15, 0.2) is 0 Å². The van der Waals surface area contributed by atoms with Crippen molar-refractivity contribution >= 4 is 6.03 Å². The van der Waals surface area contributed by atoms with Crippen molar-refractivity contribution in [2.45, 2.75) is 12.8 Å². The molecule has 5 heteroatoms. The first-order chi connectivity index (χ1) is 8.65. The average Bonchev–Trinajstić information content (AvgIpc) is 2.38. The Labute approximate surface area is 110 Å². The molecule has 2 heterocycles. The number of rotatable bonds is 2. The number of amides is 2. The Balaban J connectivity index is 1.65. The van der Waals surface area contributed by atoms with Gasteiger partial charge in [0.25, 0.3) is 0 Å². The van der Waals surface area contributed by atoms with Crippen LogP contribution in [0, 0.1) is 5.92 Å². The van der Waals surface area contributed by atoms with Gasteiger partial charge in [-0.05, 0) is 45.9 Å². The van der Waals surface area contributed by atoms with Crippen LogP contribution in [0.25, 0.3) is 0 Å². The summed E-state index contributed by atoms with van der Waals surface area (Å²) in [6, 6.07) is 0.127. The summed E-state index contributed by atoms with van der Waals surface area (Å²) in [7, 11) is 4.27. The summed E-state index contributed by atoms with van der Waals surface area (Å²) in [4.78, 5) is 18.6. The molecule has 2 saturated heterocycles. The van der Waals surface area contributed by atoms with E-state index in [1.165, 1.54) is 12.8 Å². The van der Waals surface area contributed by atoms with Gasteiger partial charge in [-0.1, -0.05) is 0 Å². The molecule has 2 aliphatic heterocycles. The minimum absolute atomic E-state index is 0.127. The summed E-state index contributed by atoms with van der Waals surface area (Å²) >= 11 is 0. The average molecular weight is 254 g/mol. The van der Waals surface area contributed by atoms with Gasteiger partial charge < -0.3 is 20.0 Å². The lowest BCUT2D eigenvalue weighted by molar-refractivity contribution is 0.150. The Morgan fingerprint density at radius 1 is 1.00 bits per heavy atom. The predicted molar refractivity (Wildman–Crippen MR) is 72.7 cm³/mol. The van der Waals surface area contributed by atoms with E-state index in [1.807, 2.05) is 4.90 Å². The van der Waals surface area contributed by atoms with Gasteiger partial charge in [-0.2, -0.15) is 0 Å². The minimum atomic E-state index is 0.127. The Morgan fingerprint density at radius 2 is 1.56 bits per heavy atom. The van der Waals surface area contributed by atoms with Crippen LogP contribution in [0.4, 0.5) is 4.79 Å². The normalized spacial score (nSPS) is 24.2. The number of likely N-dealkylation sites (tertiary alicyclic amines) is 1. The van der Waals surface area contributed by atoms with Crippen molar-refractivity contribution in [3.8, 4) is 0 Å². The van der Waals surface area contributed by atoms with Crippen molar-refractivity contribution in [1.29, 1.82) is 0 Å². The van der Waals surface area contributed by atoms with Gasteiger partial charge in [0.15, 0.2) is 0 Å². The first-order valence-electron chi connectivity index (χ1n) is 7.05. The van der Waals surface area contributed by atoms with E-state index in [1.54, 1.807) is 0 Å².